The highest BCUT2D eigenvalue weighted by Crippen LogP contribution is 2.59. The van der Waals surface area contributed by atoms with Crippen LogP contribution in [0.3, 0.4) is 0 Å². The molecule has 0 amide bonds. The van der Waals surface area contributed by atoms with Gasteiger partial charge in [0.05, 0.1) is 22.1 Å². The zero-order valence-electron chi connectivity index (χ0n) is 16.2. The topological polar surface area (TPSA) is 98.0 Å². The summed E-state index contributed by atoms with van der Waals surface area (Å²) in [6.45, 7) is 4.00. The highest BCUT2D eigenvalue weighted by Gasteiger charge is 2.63. The van der Waals surface area contributed by atoms with Crippen molar-refractivity contribution in [2.45, 2.75) is 49.5 Å². The maximum absolute atomic E-state index is 12.7. The molecule has 0 spiro atoms. The second kappa shape index (κ2) is 6.47. The molecule has 29 heavy (non-hydrogen) atoms. The standard InChI is InChI=1S/C21H22N4O3S/c1-21(2)16(18(21)25-29(26,27)14-7-4-3-5-8-14)20-24-23-19(28-20)15-9-6-12-22-17(15)13-10-11-13/h3-9,12-13,16,18,25H,10-11H2,1-2H3/t16-,18-/m1/s1. The van der Waals surface area contributed by atoms with Gasteiger partial charge in [-0.05, 0) is 42.5 Å². The predicted molar refractivity (Wildman–Crippen MR) is 107 cm³/mol. The molecule has 0 radical (unpaired) electrons. The summed E-state index contributed by atoms with van der Waals surface area (Å²) in [6.07, 6.45) is 4.04. The van der Waals surface area contributed by atoms with Gasteiger partial charge in [0.25, 0.3) is 0 Å². The van der Waals surface area contributed by atoms with Crippen LogP contribution in [-0.2, 0) is 10.0 Å². The highest BCUT2D eigenvalue weighted by molar-refractivity contribution is 7.89. The molecule has 5 rings (SSSR count). The molecule has 1 aromatic carbocycles. The molecule has 8 heteroatoms. The summed E-state index contributed by atoms with van der Waals surface area (Å²) < 4.78 is 34.2. The summed E-state index contributed by atoms with van der Waals surface area (Å²) in [5, 5.41) is 8.48. The quantitative estimate of drug-likeness (QED) is 0.668. The fraction of sp³-hybridized carbons (Fsp3) is 0.381. The number of benzene rings is 1. The minimum Gasteiger partial charge on any atom is -0.420 e. The average Bonchev–Trinajstić information content (AvgIpc) is 3.58. The molecule has 2 heterocycles. The lowest BCUT2D eigenvalue weighted by Gasteiger charge is -2.07. The van der Waals surface area contributed by atoms with Gasteiger partial charge in [0.15, 0.2) is 0 Å². The first kappa shape index (κ1) is 18.4. The molecule has 2 atom stereocenters. The van der Waals surface area contributed by atoms with E-state index < -0.39 is 10.0 Å². The van der Waals surface area contributed by atoms with Crippen molar-refractivity contribution in [2.24, 2.45) is 5.41 Å². The second-order valence-electron chi connectivity index (χ2n) is 8.37. The molecule has 0 unspecified atom stereocenters. The maximum atomic E-state index is 12.7. The van der Waals surface area contributed by atoms with Crippen LogP contribution in [0.15, 0.2) is 58.0 Å². The number of rotatable bonds is 6. The van der Waals surface area contributed by atoms with Crippen molar-refractivity contribution in [1.82, 2.24) is 19.9 Å². The lowest BCUT2D eigenvalue weighted by Crippen LogP contribution is -2.29. The fourth-order valence-electron chi connectivity index (χ4n) is 3.90. The summed E-state index contributed by atoms with van der Waals surface area (Å²) >= 11 is 0. The Hall–Kier alpha value is -2.58. The van der Waals surface area contributed by atoms with Crippen LogP contribution in [-0.4, -0.2) is 29.6 Å². The summed E-state index contributed by atoms with van der Waals surface area (Å²) in [5.41, 5.74) is 1.55. The van der Waals surface area contributed by atoms with Crippen molar-refractivity contribution in [3.05, 3.63) is 60.2 Å². The summed E-state index contributed by atoms with van der Waals surface area (Å²) in [5.74, 6) is 1.19. The minimum atomic E-state index is -3.61. The smallest absolute Gasteiger partial charge is 0.249 e. The molecule has 150 valence electrons. The molecule has 2 fully saturated rings. The summed E-state index contributed by atoms with van der Waals surface area (Å²) in [4.78, 5) is 4.74. The number of pyridine rings is 1. The molecule has 2 aliphatic rings. The first-order valence-electron chi connectivity index (χ1n) is 9.74. The number of hydrogen-bond acceptors (Lipinski definition) is 6. The molecule has 2 aliphatic carbocycles. The van der Waals surface area contributed by atoms with Crippen LogP contribution < -0.4 is 4.72 Å². The molecule has 0 bridgehead atoms. The Morgan fingerprint density at radius 1 is 1.07 bits per heavy atom. The van der Waals surface area contributed by atoms with Gasteiger partial charge in [-0.2, -0.15) is 0 Å². The Balaban J connectivity index is 1.40. The molecule has 1 N–H and O–H groups in total. The van der Waals surface area contributed by atoms with Gasteiger partial charge < -0.3 is 4.42 Å². The lowest BCUT2D eigenvalue weighted by molar-refractivity contribution is 0.476. The van der Waals surface area contributed by atoms with Crippen LogP contribution >= 0.6 is 0 Å². The summed E-state index contributed by atoms with van der Waals surface area (Å²) in [6, 6.07) is 11.9. The molecule has 0 aliphatic heterocycles. The minimum absolute atomic E-state index is 0.178. The number of nitrogens with one attached hydrogen (secondary N) is 1. The van der Waals surface area contributed by atoms with Crippen LogP contribution in [0.5, 0.6) is 0 Å². The van der Waals surface area contributed by atoms with Gasteiger partial charge in [-0.1, -0.05) is 32.0 Å². The van der Waals surface area contributed by atoms with Crippen LogP contribution in [0.1, 0.15) is 50.1 Å². The first-order chi connectivity index (χ1) is 13.9. The second-order valence-corrected chi connectivity index (χ2v) is 10.1. The first-order valence-corrected chi connectivity index (χ1v) is 11.2. The number of aromatic nitrogens is 3. The maximum Gasteiger partial charge on any atom is 0.249 e. The van der Waals surface area contributed by atoms with E-state index in [1.165, 1.54) is 0 Å². The monoisotopic (exact) mass is 410 g/mol. The van der Waals surface area contributed by atoms with E-state index in [2.05, 4.69) is 19.9 Å². The van der Waals surface area contributed by atoms with Crippen LogP contribution in [0, 0.1) is 5.41 Å². The highest BCUT2D eigenvalue weighted by atomic mass is 32.2. The van der Waals surface area contributed by atoms with E-state index in [9.17, 15) is 8.42 Å². The zero-order chi connectivity index (χ0) is 20.2. The van der Waals surface area contributed by atoms with Crippen molar-refractivity contribution in [1.29, 1.82) is 0 Å². The molecule has 2 aromatic heterocycles. The molecule has 0 saturated heterocycles. The van der Waals surface area contributed by atoms with Gasteiger partial charge in [0.2, 0.25) is 21.8 Å². The normalized spacial score (nSPS) is 23.1. The Kier molecular flexibility index (Phi) is 4.11. The van der Waals surface area contributed by atoms with Crippen molar-refractivity contribution < 1.29 is 12.8 Å². The Bertz CT molecular complexity index is 1150. The fourth-order valence-corrected chi connectivity index (χ4v) is 5.33. The molecule has 3 aromatic rings. The Morgan fingerprint density at radius 3 is 2.55 bits per heavy atom. The van der Waals surface area contributed by atoms with Crippen molar-refractivity contribution in [2.75, 3.05) is 0 Å². The Labute approximate surface area is 169 Å². The van der Waals surface area contributed by atoms with Gasteiger partial charge >= 0.3 is 0 Å². The third-order valence-corrected chi connectivity index (χ3v) is 7.36. The van der Waals surface area contributed by atoms with Crippen LogP contribution in [0.4, 0.5) is 0 Å². The van der Waals surface area contributed by atoms with E-state index in [4.69, 9.17) is 4.42 Å². The van der Waals surface area contributed by atoms with Crippen molar-refractivity contribution in [3.8, 4) is 11.5 Å². The van der Waals surface area contributed by atoms with Gasteiger partial charge in [-0.3, -0.25) is 4.98 Å². The van der Waals surface area contributed by atoms with E-state index in [0.717, 1.165) is 24.1 Å². The van der Waals surface area contributed by atoms with Crippen LogP contribution in [0.25, 0.3) is 11.5 Å². The van der Waals surface area contributed by atoms with Crippen molar-refractivity contribution >= 4 is 10.0 Å². The SMILES string of the molecule is CC1(C)[C@H](NS(=O)(=O)c2ccccc2)[C@@H]1c1nnc(-c2cccnc2C2CC2)o1. The third kappa shape index (κ3) is 3.26. The molecular weight excluding hydrogens is 388 g/mol. The molecular formula is C21H22N4O3S. The predicted octanol–water partition coefficient (Wildman–Crippen LogP) is 3.48. The largest absolute Gasteiger partial charge is 0.420 e. The Morgan fingerprint density at radius 2 is 1.83 bits per heavy atom. The van der Waals surface area contributed by atoms with E-state index in [1.54, 1.807) is 36.5 Å². The van der Waals surface area contributed by atoms with E-state index >= 15 is 0 Å². The number of sulfonamides is 1. The van der Waals surface area contributed by atoms with Gasteiger partial charge in [0.1, 0.15) is 0 Å². The van der Waals surface area contributed by atoms with Crippen molar-refractivity contribution in [3.63, 3.8) is 0 Å². The van der Waals surface area contributed by atoms with Gasteiger partial charge in [-0.25, -0.2) is 13.1 Å². The van der Waals surface area contributed by atoms with Gasteiger partial charge in [0, 0.05) is 18.2 Å². The zero-order valence-corrected chi connectivity index (χ0v) is 17.1. The summed E-state index contributed by atoms with van der Waals surface area (Å²) in [7, 11) is -3.61. The van der Waals surface area contributed by atoms with E-state index in [-0.39, 0.29) is 22.3 Å². The van der Waals surface area contributed by atoms with E-state index in [1.807, 2.05) is 26.0 Å². The average molecular weight is 410 g/mol. The van der Waals surface area contributed by atoms with E-state index in [0.29, 0.717) is 17.7 Å². The number of nitrogens with zero attached hydrogens (tertiary/aromatic N) is 3. The van der Waals surface area contributed by atoms with Gasteiger partial charge in [-0.15, -0.1) is 10.2 Å². The third-order valence-electron chi connectivity index (χ3n) is 5.90. The van der Waals surface area contributed by atoms with Crippen LogP contribution in [0.2, 0.25) is 0 Å². The molecule has 7 nitrogen and oxygen atoms in total. The lowest BCUT2D eigenvalue weighted by atomic mass is 10.1. The number of hydrogen-bond donors (Lipinski definition) is 1. The molecule has 2 saturated carbocycles.